The van der Waals surface area contributed by atoms with E-state index in [1.54, 1.807) is 0 Å². The van der Waals surface area contributed by atoms with Crippen molar-refractivity contribution >= 4 is 17.9 Å². The molecule has 7 atom stereocenters. The molecule has 0 aromatic rings. The molecule has 6 nitrogen and oxygen atoms in total. The molecule has 4 rings (SSSR count). The molecule has 2 bridgehead atoms. The zero-order valence-corrected chi connectivity index (χ0v) is 18.1. The first-order valence-corrected chi connectivity index (χ1v) is 11.1. The summed E-state index contributed by atoms with van der Waals surface area (Å²) in [6, 6.07) is 0. The van der Waals surface area contributed by atoms with E-state index in [0.29, 0.717) is 12.3 Å². The predicted octanol–water partition coefficient (Wildman–Crippen LogP) is 3.96. The Bertz CT molecular complexity index is 748. The van der Waals surface area contributed by atoms with Gasteiger partial charge in [0.15, 0.2) is 0 Å². The highest BCUT2D eigenvalue weighted by molar-refractivity contribution is 5.84. The van der Waals surface area contributed by atoms with Crippen molar-refractivity contribution in [2.45, 2.75) is 84.2 Å². The van der Waals surface area contributed by atoms with Gasteiger partial charge in [-0.1, -0.05) is 13.3 Å². The van der Waals surface area contributed by atoms with Crippen LogP contribution in [0.1, 0.15) is 78.6 Å². The number of aliphatic carboxylic acids is 1. The van der Waals surface area contributed by atoms with E-state index in [2.05, 4.69) is 6.92 Å². The summed E-state index contributed by atoms with van der Waals surface area (Å²) in [6.45, 7) is 5.60. The molecule has 0 radical (unpaired) electrons. The Morgan fingerprint density at radius 3 is 2.34 bits per heavy atom. The van der Waals surface area contributed by atoms with E-state index in [-0.39, 0.29) is 22.7 Å². The van der Waals surface area contributed by atoms with Crippen molar-refractivity contribution in [2.75, 3.05) is 7.11 Å². The summed E-state index contributed by atoms with van der Waals surface area (Å²) in [4.78, 5) is 37.0. The van der Waals surface area contributed by atoms with Crippen LogP contribution in [0.5, 0.6) is 0 Å². The van der Waals surface area contributed by atoms with Crippen LogP contribution in [-0.4, -0.2) is 35.7 Å². The second-order valence-corrected chi connectivity index (χ2v) is 10.7. The van der Waals surface area contributed by atoms with Crippen LogP contribution >= 0.6 is 0 Å². The fourth-order valence-corrected chi connectivity index (χ4v) is 8.56. The molecule has 162 valence electrons. The zero-order chi connectivity index (χ0) is 21.2. The fraction of sp³-hybridized carbons (Fsp3) is 0.870. The molecule has 0 aromatic heterocycles. The van der Waals surface area contributed by atoms with Gasteiger partial charge in [0.2, 0.25) is 5.60 Å². The number of fused-ring (bicyclic) bond motifs is 3. The van der Waals surface area contributed by atoms with Crippen LogP contribution in [-0.2, 0) is 23.9 Å². The summed E-state index contributed by atoms with van der Waals surface area (Å²) < 4.78 is 10.9. The quantitative estimate of drug-likeness (QED) is 0.714. The lowest BCUT2D eigenvalue weighted by molar-refractivity contribution is -0.186. The van der Waals surface area contributed by atoms with E-state index in [9.17, 15) is 19.5 Å². The van der Waals surface area contributed by atoms with Crippen molar-refractivity contribution in [3.63, 3.8) is 0 Å². The highest BCUT2D eigenvalue weighted by atomic mass is 16.6. The molecule has 4 aliphatic rings. The molecule has 0 amide bonds. The average Bonchev–Trinajstić information content (AvgIpc) is 2.87. The Morgan fingerprint density at radius 1 is 1.00 bits per heavy atom. The van der Waals surface area contributed by atoms with Gasteiger partial charge in [-0.2, -0.15) is 0 Å². The second-order valence-electron chi connectivity index (χ2n) is 10.7. The average molecular weight is 407 g/mol. The van der Waals surface area contributed by atoms with E-state index in [1.807, 2.05) is 6.92 Å². The van der Waals surface area contributed by atoms with E-state index in [4.69, 9.17) is 9.47 Å². The Morgan fingerprint density at radius 2 is 1.72 bits per heavy atom. The number of rotatable bonds is 3. The molecule has 4 fully saturated rings. The van der Waals surface area contributed by atoms with Gasteiger partial charge < -0.3 is 14.6 Å². The van der Waals surface area contributed by atoms with Gasteiger partial charge in [-0.25, -0.2) is 4.79 Å². The van der Waals surface area contributed by atoms with Crippen LogP contribution in [0, 0.1) is 34.0 Å². The molecule has 4 saturated carbocycles. The lowest BCUT2D eigenvalue weighted by Gasteiger charge is -2.63. The molecule has 0 aliphatic heterocycles. The molecule has 0 aromatic carbocycles. The number of esters is 2. The standard InChI is InChI=1S/C23H34O6/c1-14(24)29-23(19(27)28-4)13-22-11-8-16-20(2,17(22)7-6-15(23)12-22)9-5-10-21(16,3)18(25)26/h15-17H,5-13H2,1-4H3,(H,25,26). The highest BCUT2D eigenvalue weighted by Crippen LogP contribution is 2.73. The van der Waals surface area contributed by atoms with Gasteiger partial charge >= 0.3 is 17.9 Å². The van der Waals surface area contributed by atoms with Crippen LogP contribution in [0.15, 0.2) is 0 Å². The normalized spacial score (nSPS) is 48.2. The summed E-state index contributed by atoms with van der Waals surface area (Å²) in [6.07, 6.45) is 7.64. The van der Waals surface area contributed by atoms with Crippen LogP contribution in [0.4, 0.5) is 0 Å². The van der Waals surface area contributed by atoms with Crippen LogP contribution in [0.2, 0.25) is 0 Å². The summed E-state index contributed by atoms with van der Waals surface area (Å²) in [5.41, 5.74) is -1.99. The minimum absolute atomic E-state index is 0.00954. The first kappa shape index (κ1) is 20.7. The molecular weight excluding hydrogens is 372 g/mol. The highest BCUT2D eigenvalue weighted by Gasteiger charge is 2.71. The van der Waals surface area contributed by atoms with Gasteiger partial charge in [0.1, 0.15) is 0 Å². The first-order valence-electron chi connectivity index (χ1n) is 11.1. The second kappa shape index (κ2) is 6.45. The number of ether oxygens (including phenoxy) is 2. The lowest BCUT2D eigenvalue weighted by atomic mass is 9.41. The molecule has 0 saturated heterocycles. The number of methoxy groups -OCH3 is 1. The van der Waals surface area contributed by atoms with Gasteiger partial charge in [0.05, 0.1) is 12.5 Å². The predicted molar refractivity (Wildman–Crippen MR) is 105 cm³/mol. The largest absolute Gasteiger partial charge is 0.481 e. The number of carbonyl (C=O) groups excluding carboxylic acids is 2. The van der Waals surface area contributed by atoms with Crippen molar-refractivity contribution in [1.82, 2.24) is 0 Å². The van der Waals surface area contributed by atoms with E-state index >= 15 is 0 Å². The number of hydrogen-bond acceptors (Lipinski definition) is 5. The van der Waals surface area contributed by atoms with Gasteiger partial charge in [-0.15, -0.1) is 0 Å². The third-order valence-electron chi connectivity index (χ3n) is 9.52. The third kappa shape index (κ3) is 2.63. The summed E-state index contributed by atoms with van der Waals surface area (Å²) in [5, 5.41) is 10.0. The van der Waals surface area contributed by atoms with Gasteiger partial charge in [0, 0.05) is 19.3 Å². The fourth-order valence-electron chi connectivity index (χ4n) is 8.56. The van der Waals surface area contributed by atoms with E-state index in [1.165, 1.54) is 14.0 Å². The number of carbonyl (C=O) groups is 3. The lowest BCUT2D eigenvalue weighted by Crippen LogP contribution is -2.58. The minimum atomic E-state index is -1.18. The molecule has 29 heavy (non-hydrogen) atoms. The van der Waals surface area contributed by atoms with E-state index < -0.39 is 28.9 Å². The monoisotopic (exact) mass is 406 g/mol. The van der Waals surface area contributed by atoms with Crippen LogP contribution < -0.4 is 0 Å². The summed E-state index contributed by atoms with van der Waals surface area (Å²) in [5.74, 6) is -1.05. The Hall–Kier alpha value is -1.59. The maximum absolute atomic E-state index is 12.9. The summed E-state index contributed by atoms with van der Waals surface area (Å²) >= 11 is 0. The van der Waals surface area contributed by atoms with Crippen molar-refractivity contribution in [1.29, 1.82) is 0 Å². The van der Waals surface area contributed by atoms with Gasteiger partial charge in [-0.05, 0) is 74.5 Å². The molecule has 0 heterocycles. The molecule has 6 heteroatoms. The van der Waals surface area contributed by atoms with Gasteiger partial charge in [0.25, 0.3) is 0 Å². The maximum Gasteiger partial charge on any atom is 0.350 e. The molecule has 4 aliphatic carbocycles. The topological polar surface area (TPSA) is 89.9 Å². The molecule has 1 N–H and O–H groups in total. The summed E-state index contributed by atoms with van der Waals surface area (Å²) in [7, 11) is 1.36. The zero-order valence-electron chi connectivity index (χ0n) is 18.1. The van der Waals surface area contributed by atoms with Crippen molar-refractivity contribution < 1.29 is 29.0 Å². The third-order valence-corrected chi connectivity index (χ3v) is 9.52. The van der Waals surface area contributed by atoms with Crippen molar-refractivity contribution in [3.05, 3.63) is 0 Å². The first-order chi connectivity index (χ1) is 13.5. The number of carboxylic acid groups (broad SMARTS) is 1. The molecule has 7 unspecified atom stereocenters. The SMILES string of the molecule is COC(=O)C1(OC(C)=O)CC23CCC4C(C)(C(=O)O)CCCC4(C)C2CCC1C3. The van der Waals surface area contributed by atoms with E-state index in [0.717, 1.165) is 51.4 Å². The maximum atomic E-state index is 12.9. The Labute approximate surface area is 172 Å². The number of carboxylic acids is 1. The van der Waals surface area contributed by atoms with Crippen LogP contribution in [0.3, 0.4) is 0 Å². The number of hydrogen-bond donors (Lipinski definition) is 1. The smallest absolute Gasteiger partial charge is 0.350 e. The van der Waals surface area contributed by atoms with Crippen molar-refractivity contribution in [3.8, 4) is 0 Å². The van der Waals surface area contributed by atoms with Crippen LogP contribution in [0.25, 0.3) is 0 Å². The molecular formula is C23H34O6. The minimum Gasteiger partial charge on any atom is -0.481 e. The molecule has 1 spiro atoms. The Balaban J connectivity index is 1.74. The van der Waals surface area contributed by atoms with Gasteiger partial charge in [-0.3, -0.25) is 9.59 Å². The Kier molecular flexibility index (Phi) is 4.60. The van der Waals surface area contributed by atoms with Crippen molar-refractivity contribution in [2.24, 2.45) is 34.0 Å².